The van der Waals surface area contributed by atoms with Crippen molar-refractivity contribution in [3.8, 4) is 5.75 Å². The predicted octanol–water partition coefficient (Wildman–Crippen LogP) is 4.12. The van der Waals surface area contributed by atoms with Crippen molar-refractivity contribution in [3.63, 3.8) is 0 Å². The fourth-order valence-corrected chi connectivity index (χ4v) is 4.05. The third kappa shape index (κ3) is 5.75. The highest BCUT2D eigenvalue weighted by molar-refractivity contribution is 7.92. The fourth-order valence-electron chi connectivity index (χ4n) is 2.77. The number of carbonyl (C=O) groups excluding carboxylic acids is 1. The lowest BCUT2D eigenvalue weighted by molar-refractivity contribution is 0.0954. The van der Waals surface area contributed by atoms with Gasteiger partial charge in [-0.2, -0.15) is 0 Å². The van der Waals surface area contributed by atoms with E-state index in [0.717, 1.165) is 5.56 Å². The molecule has 8 heteroatoms. The molecular weight excluding hydrogens is 424 g/mol. The van der Waals surface area contributed by atoms with Crippen LogP contribution in [0.25, 0.3) is 0 Å². The first-order chi connectivity index (χ1) is 14.4. The molecule has 156 valence electrons. The van der Waals surface area contributed by atoms with Crippen LogP contribution in [0.15, 0.2) is 77.7 Å². The van der Waals surface area contributed by atoms with Gasteiger partial charge in [-0.05, 0) is 72.6 Å². The number of ether oxygens (including phenoxy) is 1. The second-order valence-corrected chi connectivity index (χ2v) is 8.61. The maximum atomic E-state index is 12.5. The smallest absolute Gasteiger partial charge is 0.261 e. The van der Waals surface area contributed by atoms with Crippen molar-refractivity contribution < 1.29 is 17.9 Å². The van der Waals surface area contributed by atoms with E-state index in [4.69, 9.17) is 16.3 Å². The molecule has 0 aliphatic heterocycles. The Labute approximate surface area is 180 Å². The number of hydrogen-bond acceptors (Lipinski definition) is 4. The van der Waals surface area contributed by atoms with Crippen LogP contribution in [-0.2, 0) is 16.4 Å². The van der Waals surface area contributed by atoms with Crippen LogP contribution in [-0.4, -0.2) is 28.0 Å². The SMILES string of the molecule is COc1ccc(NS(=O)(=O)c2ccc(C(=O)NCCc3cccc(Cl)c3)cc2)cc1. The van der Waals surface area contributed by atoms with Gasteiger partial charge in [0.2, 0.25) is 0 Å². The standard InChI is InChI=1S/C22H21ClN2O4S/c1-29-20-9-7-19(8-10-20)25-30(27,28)21-11-5-17(6-12-21)22(26)24-14-13-16-3-2-4-18(23)15-16/h2-12,15,25H,13-14H2,1H3,(H,24,26). The van der Waals surface area contributed by atoms with Gasteiger partial charge >= 0.3 is 0 Å². The van der Waals surface area contributed by atoms with Crippen molar-refractivity contribution in [1.82, 2.24) is 5.32 Å². The molecule has 0 aliphatic rings. The molecule has 0 aromatic heterocycles. The minimum atomic E-state index is -3.77. The molecule has 0 atom stereocenters. The molecule has 2 N–H and O–H groups in total. The molecule has 6 nitrogen and oxygen atoms in total. The Kier molecular flexibility index (Phi) is 6.97. The lowest BCUT2D eigenvalue weighted by Crippen LogP contribution is -2.25. The predicted molar refractivity (Wildman–Crippen MR) is 118 cm³/mol. The zero-order valence-electron chi connectivity index (χ0n) is 16.3. The minimum Gasteiger partial charge on any atom is -0.497 e. The summed E-state index contributed by atoms with van der Waals surface area (Å²) in [6.45, 7) is 0.443. The zero-order valence-corrected chi connectivity index (χ0v) is 17.8. The monoisotopic (exact) mass is 444 g/mol. The molecule has 0 unspecified atom stereocenters. The summed E-state index contributed by atoms with van der Waals surface area (Å²) in [5.41, 5.74) is 1.82. The van der Waals surface area contributed by atoms with E-state index in [9.17, 15) is 13.2 Å². The molecule has 0 bridgehead atoms. The highest BCUT2D eigenvalue weighted by Crippen LogP contribution is 2.19. The summed E-state index contributed by atoms with van der Waals surface area (Å²) >= 11 is 5.95. The maximum Gasteiger partial charge on any atom is 0.261 e. The van der Waals surface area contributed by atoms with Gasteiger partial charge < -0.3 is 10.1 Å². The van der Waals surface area contributed by atoms with E-state index >= 15 is 0 Å². The van der Waals surface area contributed by atoms with E-state index in [-0.39, 0.29) is 10.8 Å². The average molecular weight is 445 g/mol. The summed E-state index contributed by atoms with van der Waals surface area (Å²) in [5, 5.41) is 3.47. The number of nitrogens with one attached hydrogen (secondary N) is 2. The van der Waals surface area contributed by atoms with E-state index in [1.54, 1.807) is 30.3 Å². The summed E-state index contributed by atoms with van der Waals surface area (Å²) in [4.78, 5) is 12.4. The molecule has 3 aromatic rings. The molecule has 3 aromatic carbocycles. The molecular formula is C22H21ClN2O4S. The summed E-state index contributed by atoms with van der Waals surface area (Å²) < 4.78 is 32.6. The van der Waals surface area contributed by atoms with Crippen LogP contribution in [0, 0.1) is 0 Å². The van der Waals surface area contributed by atoms with Crippen molar-refractivity contribution in [2.24, 2.45) is 0 Å². The number of sulfonamides is 1. The number of anilines is 1. The first-order valence-electron chi connectivity index (χ1n) is 9.17. The van der Waals surface area contributed by atoms with Gasteiger partial charge in [0.1, 0.15) is 5.75 Å². The molecule has 3 rings (SSSR count). The Bertz CT molecular complexity index is 1110. The van der Waals surface area contributed by atoms with Crippen LogP contribution >= 0.6 is 11.6 Å². The highest BCUT2D eigenvalue weighted by atomic mass is 35.5. The van der Waals surface area contributed by atoms with Crippen LogP contribution in [0.1, 0.15) is 15.9 Å². The molecule has 0 saturated carbocycles. The van der Waals surface area contributed by atoms with Crippen LogP contribution in [0.3, 0.4) is 0 Å². The molecule has 0 heterocycles. The number of benzene rings is 3. The normalized spacial score (nSPS) is 11.0. The summed E-state index contributed by atoms with van der Waals surface area (Å²) in [6, 6.07) is 19.8. The second kappa shape index (κ2) is 9.65. The Hall–Kier alpha value is -3.03. The number of rotatable bonds is 8. The molecule has 0 spiro atoms. The lowest BCUT2D eigenvalue weighted by atomic mass is 10.1. The van der Waals surface area contributed by atoms with Crippen molar-refractivity contribution >= 4 is 33.2 Å². The molecule has 1 amide bonds. The van der Waals surface area contributed by atoms with Gasteiger partial charge in [-0.25, -0.2) is 8.42 Å². The summed E-state index contributed by atoms with van der Waals surface area (Å²) in [7, 11) is -2.23. The van der Waals surface area contributed by atoms with E-state index in [2.05, 4.69) is 10.0 Å². The molecule has 0 aliphatic carbocycles. The molecule has 0 fully saturated rings. The van der Waals surface area contributed by atoms with E-state index < -0.39 is 10.0 Å². The van der Waals surface area contributed by atoms with Gasteiger partial charge in [-0.15, -0.1) is 0 Å². The van der Waals surface area contributed by atoms with Crippen molar-refractivity contribution in [3.05, 3.63) is 88.9 Å². The van der Waals surface area contributed by atoms with E-state index in [1.807, 2.05) is 18.2 Å². The van der Waals surface area contributed by atoms with Gasteiger partial charge in [-0.1, -0.05) is 23.7 Å². The van der Waals surface area contributed by atoms with Gasteiger partial charge in [0, 0.05) is 22.8 Å². The average Bonchev–Trinajstić information content (AvgIpc) is 2.74. The Balaban J connectivity index is 1.59. The van der Waals surface area contributed by atoms with Gasteiger partial charge in [0.05, 0.1) is 12.0 Å². The maximum absolute atomic E-state index is 12.5. The summed E-state index contributed by atoms with van der Waals surface area (Å²) in [5.74, 6) is 0.354. The first-order valence-corrected chi connectivity index (χ1v) is 11.0. The topological polar surface area (TPSA) is 84.5 Å². The van der Waals surface area contributed by atoms with Gasteiger partial charge in [0.15, 0.2) is 0 Å². The van der Waals surface area contributed by atoms with E-state index in [0.29, 0.717) is 35.0 Å². The summed E-state index contributed by atoms with van der Waals surface area (Å²) in [6.07, 6.45) is 0.643. The lowest BCUT2D eigenvalue weighted by Gasteiger charge is -2.10. The number of amides is 1. The number of methoxy groups -OCH3 is 1. The first kappa shape index (κ1) is 21.7. The minimum absolute atomic E-state index is 0.0637. The zero-order chi connectivity index (χ0) is 21.6. The second-order valence-electron chi connectivity index (χ2n) is 6.49. The van der Waals surface area contributed by atoms with Crippen LogP contribution < -0.4 is 14.8 Å². The van der Waals surface area contributed by atoms with E-state index in [1.165, 1.54) is 31.4 Å². The van der Waals surface area contributed by atoms with Gasteiger partial charge in [-0.3, -0.25) is 9.52 Å². The van der Waals surface area contributed by atoms with Crippen LogP contribution in [0.4, 0.5) is 5.69 Å². The van der Waals surface area contributed by atoms with Crippen molar-refractivity contribution in [2.75, 3.05) is 18.4 Å². The third-order valence-corrected chi connectivity index (χ3v) is 5.99. The quantitative estimate of drug-likeness (QED) is 0.547. The van der Waals surface area contributed by atoms with Crippen LogP contribution in [0.2, 0.25) is 5.02 Å². The molecule has 0 saturated heterocycles. The Morgan fingerprint density at radius 3 is 2.33 bits per heavy atom. The van der Waals surface area contributed by atoms with Crippen molar-refractivity contribution in [2.45, 2.75) is 11.3 Å². The Morgan fingerprint density at radius 2 is 1.70 bits per heavy atom. The Morgan fingerprint density at radius 1 is 1.00 bits per heavy atom. The molecule has 30 heavy (non-hydrogen) atoms. The third-order valence-electron chi connectivity index (χ3n) is 4.36. The largest absolute Gasteiger partial charge is 0.497 e. The fraction of sp³-hybridized carbons (Fsp3) is 0.136. The number of hydrogen-bond donors (Lipinski definition) is 2. The van der Waals surface area contributed by atoms with Crippen LogP contribution in [0.5, 0.6) is 5.75 Å². The number of carbonyl (C=O) groups is 1. The van der Waals surface area contributed by atoms with Crippen molar-refractivity contribution in [1.29, 1.82) is 0 Å². The highest BCUT2D eigenvalue weighted by Gasteiger charge is 2.15. The number of halogens is 1. The van der Waals surface area contributed by atoms with Gasteiger partial charge in [0.25, 0.3) is 15.9 Å². The molecule has 0 radical (unpaired) electrons.